The second kappa shape index (κ2) is 7.40. The topological polar surface area (TPSA) is 29.5 Å². The van der Waals surface area contributed by atoms with Crippen molar-refractivity contribution in [2.75, 3.05) is 12.9 Å². The molecule has 0 radical (unpaired) electrons. The summed E-state index contributed by atoms with van der Waals surface area (Å²) in [6.07, 6.45) is 8.11. The van der Waals surface area contributed by atoms with Gasteiger partial charge in [0.05, 0.1) is 7.11 Å². The lowest BCUT2D eigenvalue weighted by Crippen LogP contribution is -2.40. The molecule has 2 fully saturated rings. The Morgan fingerprint density at radius 2 is 1.77 bits per heavy atom. The lowest BCUT2D eigenvalue weighted by Gasteiger charge is -2.29. The van der Waals surface area contributed by atoms with E-state index in [1.807, 2.05) is 12.1 Å². The van der Waals surface area contributed by atoms with Gasteiger partial charge < -0.3 is 9.64 Å². The molecule has 3 nitrogen and oxygen atoms in total. The lowest BCUT2D eigenvalue weighted by molar-refractivity contribution is -0.133. The van der Waals surface area contributed by atoms with Crippen LogP contribution in [-0.2, 0) is 4.79 Å². The van der Waals surface area contributed by atoms with Crippen LogP contribution in [0.25, 0.3) is 0 Å². The molecule has 3 rings (SSSR count). The van der Waals surface area contributed by atoms with Crippen molar-refractivity contribution in [1.82, 2.24) is 4.90 Å². The molecule has 22 heavy (non-hydrogen) atoms. The van der Waals surface area contributed by atoms with Crippen molar-refractivity contribution in [3.05, 3.63) is 24.3 Å². The summed E-state index contributed by atoms with van der Waals surface area (Å²) in [5.41, 5.74) is 0. The standard InChI is InChI=1S/C18H25NO2S/c1-21-16-8-10-17(11-9-16)22-13-12-18(20)19(15-6-7-15)14-4-2-3-5-14/h8-11,14-15H,2-7,12-13H2,1H3. The smallest absolute Gasteiger partial charge is 0.223 e. The van der Waals surface area contributed by atoms with Crippen molar-refractivity contribution in [3.8, 4) is 5.75 Å². The Morgan fingerprint density at radius 3 is 2.36 bits per heavy atom. The van der Waals surface area contributed by atoms with Crippen LogP contribution in [-0.4, -0.2) is 35.8 Å². The van der Waals surface area contributed by atoms with Gasteiger partial charge in [-0.25, -0.2) is 0 Å². The normalized spacial score (nSPS) is 18.4. The zero-order chi connectivity index (χ0) is 15.4. The Bertz CT molecular complexity index is 492. The highest BCUT2D eigenvalue weighted by Crippen LogP contribution is 2.35. The first kappa shape index (κ1) is 15.7. The molecular weight excluding hydrogens is 294 g/mol. The number of benzene rings is 1. The quantitative estimate of drug-likeness (QED) is 0.708. The Balaban J connectivity index is 1.48. The fourth-order valence-corrected chi connectivity index (χ4v) is 4.14. The summed E-state index contributed by atoms with van der Waals surface area (Å²) in [6, 6.07) is 9.15. The largest absolute Gasteiger partial charge is 0.497 e. The van der Waals surface area contributed by atoms with Crippen molar-refractivity contribution >= 4 is 17.7 Å². The third-order valence-corrected chi connectivity index (χ3v) is 5.60. The van der Waals surface area contributed by atoms with Crippen LogP contribution in [0.15, 0.2) is 29.2 Å². The van der Waals surface area contributed by atoms with E-state index in [0.29, 0.717) is 24.4 Å². The number of rotatable bonds is 7. The number of ether oxygens (including phenoxy) is 1. The monoisotopic (exact) mass is 319 g/mol. The van der Waals surface area contributed by atoms with Crippen molar-refractivity contribution < 1.29 is 9.53 Å². The number of hydrogen-bond acceptors (Lipinski definition) is 3. The van der Waals surface area contributed by atoms with Crippen molar-refractivity contribution in [1.29, 1.82) is 0 Å². The van der Waals surface area contributed by atoms with Crippen LogP contribution in [0.1, 0.15) is 44.9 Å². The maximum atomic E-state index is 12.6. The molecule has 1 aromatic rings. The minimum absolute atomic E-state index is 0.371. The van der Waals surface area contributed by atoms with E-state index < -0.39 is 0 Å². The second-order valence-electron chi connectivity index (χ2n) is 6.24. The van der Waals surface area contributed by atoms with Gasteiger partial charge in [0.2, 0.25) is 5.91 Å². The molecule has 2 saturated carbocycles. The molecule has 2 aliphatic rings. The molecule has 1 amide bonds. The van der Waals surface area contributed by atoms with Gasteiger partial charge in [-0.2, -0.15) is 0 Å². The molecule has 0 spiro atoms. The van der Waals surface area contributed by atoms with Crippen molar-refractivity contribution in [3.63, 3.8) is 0 Å². The van der Waals surface area contributed by atoms with Gasteiger partial charge in [0.1, 0.15) is 5.75 Å². The second-order valence-corrected chi connectivity index (χ2v) is 7.41. The number of carbonyl (C=O) groups is 1. The van der Waals surface area contributed by atoms with Crippen LogP contribution in [0.2, 0.25) is 0 Å². The third kappa shape index (κ3) is 3.97. The first-order chi connectivity index (χ1) is 10.8. The predicted molar refractivity (Wildman–Crippen MR) is 90.5 cm³/mol. The average molecular weight is 319 g/mol. The van der Waals surface area contributed by atoms with Crippen LogP contribution in [0.5, 0.6) is 5.75 Å². The number of carbonyl (C=O) groups excluding carboxylic acids is 1. The van der Waals surface area contributed by atoms with Gasteiger partial charge in [0.15, 0.2) is 0 Å². The van der Waals surface area contributed by atoms with E-state index in [9.17, 15) is 4.79 Å². The first-order valence-corrected chi connectivity index (χ1v) is 9.34. The van der Waals surface area contributed by atoms with E-state index in [1.54, 1.807) is 18.9 Å². The summed E-state index contributed by atoms with van der Waals surface area (Å²) in [5, 5.41) is 0. The Morgan fingerprint density at radius 1 is 1.14 bits per heavy atom. The van der Waals surface area contributed by atoms with Gasteiger partial charge in [0, 0.05) is 29.2 Å². The molecule has 4 heteroatoms. The molecule has 0 atom stereocenters. The van der Waals surface area contributed by atoms with Gasteiger partial charge in [-0.1, -0.05) is 12.8 Å². The van der Waals surface area contributed by atoms with Gasteiger partial charge in [-0.15, -0.1) is 11.8 Å². The predicted octanol–water partition coefficient (Wildman–Crippen LogP) is 4.11. The van der Waals surface area contributed by atoms with Crippen LogP contribution >= 0.6 is 11.8 Å². The van der Waals surface area contributed by atoms with Gasteiger partial charge in [-0.05, 0) is 49.9 Å². The van der Waals surface area contributed by atoms with Gasteiger partial charge in [-0.3, -0.25) is 4.79 Å². The zero-order valence-corrected chi connectivity index (χ0v) is 14.1. The first-order valence-electron chi connectivity index (χ1n) is 8.36. The summed E-state index contributed by atoms with van der Waals surface area (Å²) >= 11 is 1.76. The fourth-order valence-electron chi connectivity index (χ4n) is 3.30. The maximum Gasteiger partial charge on any atom is 0.223 e. The summed E-state index contributed by atoms with van der Waals surface area (Å²) in [4.78, 5) is 16.0. The Hall–Kier alpha value is -1.16. The molecule has 0 bridgehead atoms. The van der Waals surface area contributed by atoms with Crippen LogP contribution in [0, 0.1) is 0 Å². The molecule has 0 saturated heterocycles. The van der Waals surface area contributed by atoms with E-state index in [4.69, 9.17) is 4.74 Å². The average Bonchev–Trinajstić information content (AvgIpc) is 3.22. The molecule has 1 aromatic carbocycles. The highest BCUT2D eigenvalue weighted by molar-refractivity contribution is 7.99. The summed E-state index contributed by atoms with van der Waals surface area (Å²) < 4.78 is 5.16. The molecule has 0 aliphatic heterocycles. The minimum Gasteiger partial charge on any atom is -0.497 e. The number of methoxy groups -OCH3 is 1. The SMILES string of the molecule is COc1ccc(SCCC(=O)N(C2CCCC2)C2CC2)cc1. The lowest BCUT2D eigenvalue weighted by atomic mass is 10.2. The maximum absolute atomic E-state index is 12.6. The van der Waals surface area contributed by atoms with E-state index in [2.05, 4.69) is 17.0 Å². The fraction of sp³-hybridized carbons (Fsp3) is 0.611. The molecule has 0 heterocycles. The zero-order valence-electron chi connectivity index (χ0n) is 13.3. The molecular formula is C18H25NO2S. The van der Waals surface area contributed by atoms with Crippen molar-refractivity contribution in [2.45, 2.75) is 61.9 Å². The summed E-state index contributed by atoms with van der Waals surface area (Å²) in [7, 11) is 1.68. The van der Waals surface area contributed by atoms with E-state index in [1.165, 1.54) is 43.4 Å². The van der Waals surface area contributed by atoms with Crippen molar-refractivity contribution in [2.24, 2.45) is 0 Å². The van der Waals surface area contributed by atoms with E-state index in [-0.39, 0.29) is 0 Å². The number of hydrogen-bond donors (Lipinski definition) is 0. The van der Waals surface area contributed by atoms with Crippen LogP contribution < -0.4 is 4.74 Å². The highest BCUT2D eigenvalue weighted by Gasteiger charge is 2.37. The van der Waals surface area contributed by atoms with Gasteiger partial charge in [0.25, 0.3) is 0 Å². The third-order valence-electron chi connectivity index (χ3n) is 4.59. The summed E-state index contributed by atoms with van der Waals surface area (Å²) in [5.74, 6) is 2.11. The molecule has 120 valence electrons. The molecule has 0 unspecified atom stereocenters. The number of nitrogens with zero attached hydrogens (tertiary/aromatic N) is 1. The van der Waals surface area contributed by atoms with E-state index >= 15 is 0 Å². The minimum atomic E-state index is 0.371. The molecule has 2 aliphatic carbocycles. The molecule has 0 N–H and O–H groups in total. The number of amides is 1. The summed E-state index contributed by atoms with van der Waals surface area (Å²) in [6.45, 7) is 0. The van der Waals surface area contributed by atoms with Gasteiger partial charge >= 0.3 is 0 Å². The Kier molecular flexibility index (Phi) is 5.29. The van der Waals surface area contributed by atoms with E-state index in [0.717, 1.165) is 11.5 Å². The Labute approximate surface area is 137 Å². The van der Waals surface area contributed by atoms with Crippen LogP contribution in [0.3, 0.4) is 0 Å². The molecule has 0 aromatic heterocycles. The highest BCUT2D eigenvalue weighted by atomic mass is 32.2. The number of thioether (sulfide) groups is 1. The van der Waals surface area contributed by atoms with Crippen LogP contribution in [0.4, 0.5) is 0 Å².